The van der Waals surface area contributed by atoms with Crippen LogP contribution in [0.1, 0.15) is 11.3 Å². The molecule has 2 N–H and O–H groups in total. The smallest absolute Gasteiger partial charge is 0.296 e. The number of rotatable bonds is 1. The van der Waals surface area contributed by atoms with Crippen LogP contribution in [0, 0.1) is 13.8 Å². The zero-order valence-electron chi connectivity index (χ0n) is 13.6. The SMILES string of the molecule is Cc1cc(C)[n+]2c([nH]c3ccccc32)c1-c1nc2ccccc2[nH]1. The summed E-state index contributed by atoms with van der Waals surface area (Å²) < 4.78 is 2.27. The van der Waals surface area contributed by atoms with Crippen LogP contribution in [0.15, 0.2) is 54.6 Å². The van der Waals surface area contributed by atoms with Crippen LogP contribution in [-0.2, 0) is 0 Å². The highest BCUT2D eigenvalue weighted by molar-refractivity contribution is 5.86. The Morgan fingerprint density at radius 1 is 0.875 bits per heavy atom. The molecule has 0 amide bonds. The molecule has 0 saturated heterocycles. The number of benzene rings is 2. The maximum Gasteiger partial charge on any atom is 0.296 e. The number of aromatic amines is 2. The van der Waals surface area contributed by atoms with Crippen LogP contribution >= 0.6 is 0 Å². The second-order valence-electron chi connectivity index (χ2n) is 6.27. The molecule has 2 aromatic carbocycles. The first kappa shape index (κ1) is 13.3. The van der Waals surface area contributed by atoms with E-state index in [1.54, 1.807) is 0 Å². The normalized spacial score (nSPS) is 11.8. The first-order valence-corrected chi connectivity index (χ1v) is 8.10. The maximum absolute atomic E-state index is 4.80. The van der Waals surface area contributed by atoms with Crippen molar-refractivity contribution in [3.63, 3.8) is 0 Å². The van der Waals surface area contributed by atoms with Crippen molar-refractivity contribution in [2.75, 3.05) is 0 Å². The Labute approximate surface area is 138 Å². The van der Waals surface area contributed by atoms with Gasteiger partial charge in [-0.25, -0.2) is 9.97 Å². The number of imidazole rings is 2. The Morgan fingerprint density at radius 3 is 2.46 bits per heavy atom. The number of hydrogen-bond acceptors (Lipinski definition) is 1. The van der Waals surface area contributed by atoms with E-state index in [0.717, 1.165) is 33.6 Å². The minimum Gasteiger partial charge on any atom is -0.338 e. The number of fused-ring (bicyclic) bond motifs is 4. The molecule has 4 heteroatoms. The number of hydrogen-bond donors (Lipinski definition) is 2. The lowest BCUT2D eigenvalue weighted by molar-refractivity contribution is -0.488. The Balaban J connectivity index is 1.94. The van der Waals surface area contributed by atoms with E-state index in [9.17, 15) is 0 Å². The Hall–Kier alpha value is -3.14. The number of pyridine rings is 1. The van der Waals surface area contributed by atoms with Crippen molar-refractivity contribution >= 4 is 27.7 Å². The zero-order valence-corrected chi connectivity index (χ0v) is 13.6. The largest absolute Gasteiger partial charge is 0.338 e. The second kappa shape index (κ2) is 4.68. The van der Waals surface area contributed by atoms with Gasteiger partial charge in [-0.15, -0.1) is 0 Å². The van der Waals surface area contributed by atoms with Crippen molar-refractivity contribution < 1.29 is 4.40 Å². The van der Waals surface area contributed by atoms with Gasteiger partial charge in [0.25, 0.3) is 5.65 Å². The molecular formula is C20H17N4+. The fourth-order valence-corrected chi connectivity index (χ4v) is 3.63. The summed E-state index contributed by atoms with van der Waals surface area (Å²) in [6.45, 7) is 4.28. The van der Waals surface area contributed by atoms with Crippen LogP contribution in [0.25, 0.3) is 39.1 Å². The Bertz CT molecular complexity index is 1190. The van der Waals surface area contributed by atoms with E-state index < -0.39 is 0 Å². The molecule has 0 spiro atoms. The molecule has 0 unspecified atom stereocenters. The van der Waals surface area contributed by atoms with Gasteiger partial charge in [0.2, 0.25) is 0 Å². The summed E-state index contributed by atoms with van der Waals surface area (Å²) >= 11 is 0. The second-order valence-corrected chi connectivity index (χ2v) is 6.27. The van der Waals surface area contributed by atoms with Crippen LogP contribution in [0.2, 0.25) is 0 Å². The first-order valence-electron chi connectivity index (χ1n) is 8.10. The van der Waals surface area contributed by atoms with Crippen LogP contribution in [0.4, 0.5) is 0 Å². The fourth-order valence-electron chi connectivity index (χ4n) is 3.63. The fraction of sp³-hybridized carbons (Fsp3) is 0.100. The summed E-state index contributed by atoms with van der Waals surface area (Å²) in [7, 11) is 0. The van der Waals surface area contributed by atoms with E-state index in [4.69, 9.17) is 4.98 Å². The number of nitrogens with one attached hydrogen (secondary N) is 2. The number of para-hydroxylation sites is 4. The van der Waals surface area contributed by atoms with Crippen molar-refractivity contribution in [2.45, 2.75) is 13.8 Å². The van der Waals surface area contributed by atoms with E-state index >= 15 is 0 Å². The van der Waals surface area contributed by atoms with E-state index in [1.807, 2.05) is 18.2 Å². The molecule has 0 bridgehead atoms. The van der Waals surface area contributed by atoms with Crippen molar-refractivity contribution in [3.05, 3.63) is 65.9 Å². The zero-order chi connectivity index (χ0) is 16.3. The van der Waals surface area contributed by atoms with Gasteiger partial charge in [0.15, 0.2) is 11.0 Å². The first-order chi connectivity index (χ1) is 11.7. The summed E-state index contributed by atoms with van der Waals surface area (Å²) in [5.41, 5.74) is 8.97. The highest BCUT2D eigenvalue weighted by atomic mass is 15.0. The summed E-state index contributed by atoms with van der Waals surface area (Å²) in [5, 5.41) is 0. The van der Waals surface area contributed by atoms with Crippen molar-refractivity contribution in [1.29, 1.82) is 0 Å². The predicted octanol–water partition coefficient (Wildman–Crippen LogP) is 4.07. The van der Waals surface area contributed by atoms with Gasteiger partial charge in [0.1, 0.15) is 17.1 Å². The molecule has 0 fully saturated rings. The quantitative estimate of drug-likeness (QED) is 0.450. The van der Waals surface area contributed by atoms with Gasteiger partial charge in [-0.3, -0.25) is 0 Å². The molecule has 3 heterocycles. The highest BCUT2D eigenvalue weighted by Gasteiger charge is 2.22. The summed E-state index contributed by atoms with van der Waals surface area (Å²) in [4.78, 5) is 11.8. The van der Waals surface area contributed by atoms with Crippen LogP contribution < -0.4 is 4.40 Å². The van der Waals surface area contributed by atoms with Gasteiger partial charge in [0.05, 0.1) is 11.0 Å². The van der Waals surface area contributed by atoms with Crippen molar-refractivity contribution in [3.8, 4) is 11.4 Å². The van der Waals surface area contributed by atoms with Crippen molar-refractivity contribution in [2.24, 2.45) is 0 Å². The van der Waals surface area contributed by atoms with Gasteiger partial charge < -0.3 is 4.98 Å². The number of aromatic nitrogens is 4. The van der Waals surface area contributed by atoms with E-state index in [0.29, 0.717) is 0 Å². The molecule has 0 atom stereocenters. The number of aryl methyl sites for hydroxylation is 2. The van der Waals surface area contributed by atoms with Gasteiger partial charge in [-0.1, -0.05) is 24.3 Å². The lowest BCUT2D eigenvalue weighted by Crippen LogP contribution is -2.25. The molecular weight excluding hydrogens is 296 g/mol. The number of nitrogens with zero attached hydrogens (tertiary/aromatic N) is 2. The van der Waals surface area contributed by atoms with Crippen LogP contribution in [-0.4, -0.2) is 15.0 Å². The standard InChI is InChI=1S/C20H16N4/c1-12-11-13(2)24-17-10-6-5-9-16(17)23-20(24)18(12)19-21-14-7-3-4-8-15(14)22-19/h3-11H,1-2H3,(H,21,22)/p+1. The van der Waals surface area contributed by atoms with Gasteiger partial charge in [-0.2, -0.15) is 4.40 Å². The lowest BCUT2D eigenvalue weighted by Gasteiger charge is -2.03. The van der Waals surface area contributed by atoms with Crippen LogP contribution in [0.3, 0.4) is 0 Å². The third kappa shape index (κ3) is 1.74. The number of H-pyrrole nitrogens is 2. The molecule has 5 rings (SSSR count). The minimum absolute atomic E-state index is 0.901. The predicted molar refractivity (Wildman–Crippen MR) is 96.0 cm³/mol. The molecule has 24 heavy (non-hydrogen) atoms. The molecule has 0 radical (unpaired) electrons. The minimum atomic E-state index is 0.901. The van der Waals surface area contributed by atoms with Crippen molar-refractivity contribution in [1.82, 2.24) is 15.0 Å². The Morgan fingerprint density at radius 2 is 1.62 bits per heavy atom. The lowest BCUT2D eigenvalue weighted by atomic mass is 10.1. The molecule has 0 aliphatic heterocycles. The summed E-state index contributed by atoms with van der Waals surface area (Å²) in [5.74, 6) is 0.901. The molecule has 3 aromatic heterocycles. The average molecular weight is 313 g/mol. The van der Waals surface area contributed by atoms with Gasteiger partial charge >= 0.3 is 0 Å². The molecule has 5 aromatic rings. The third-order valence-electron chi connectivity index (χ3n) is 4.66. The summed E-state index contributed by atoms with van der Waals surface area (Å²) in [6.07, 6.45) is 0. The maximum atomic E-state index is 4.80. The third-order valence-corrected chi connectivity index (χ3v) is 4.66. The topological polar surface area (TPSA) is 48.6 Å². The monoisotopic (exact) mass is 313 g/mol. The molecule has 0 aliphatic rings. The van der Waals surface area contributed by atoms with Gasteiger partial charge in [0, 0.05) is 0 Å². The Kier molecular flexibility index (Phi) is 2.59. The van der Waals surface area contributed by atoms with Crippen LogP contribution in [0.5, 0.6) is 0 Å². The van der Waals surface area contributed by atoms with Gasteiger partial charge in [-0.05, 0) is 49.7 Å². The summed E-state index contributed by atoms with van der Waals surface area (Å²) in [6, 6.07) is 18.7. The van der Waals surface area contributed by atoms with E-state index in [-0.39, 0.29) is 0 Å². The van der Waals surface area contributed by atoms with E-state index in [1.165, 1.54) is 16.8 Å². The average Bonchev–Trinajstić information content (AvgIpc) is 3.15. The molecule has 0 saturated carbocycles. The molecule has 4 nitrogen and oxygen atoms in total. The van der Waals surface area contributed by atoms with E-state index in [2.05, 4.69) is 64.6 Å². The molecule has 116 valence electrons. The molecule has 0 aliphatic carbocycles. The highest BCUT2D eigenvalue weighted by Crippen LogP contribution is 2.28.